The second-order valence-electron chi connectivity index (χ2n) is 3.61. The zero-order valence-electron chi connectivity index (χ0n) is 10.3. The van der Waals surface area contributed by atoms with Crippen LogP contribution in [0.4, 0.5) is 10.5 Å². The number of carboxylic acid groups (broad SMARTS) is 1. The van der Waals surface area contributed by atoms with Gasteiger partial charge in [0.2, 0.25) is 5.88 Å². The Kier molecular flexibility index (Phi) is 5.55. The number of aliphatic carboxylic acids is 1. The van der Waals surface area contributed by atoms with Gasteiger partial charge in [0.1, 0.15) is 0 Å². The first-order valence-electron chi connectivity index (χ1n) is 5.48. The van der Waals surface area contributed by atoms with Gasteiger partial charge in [-0.15, -0.1) is 0 Å². The SMILES string of the molecule is COc1ccc(NC(=O)NCC[C@H](O)C(=O)O)cn1. The molecule has 4 N–H and O–H groups in total. The van der Waals surface area contributed by atoms with Crippen molar-refractivity contribution in [3.8, 4) is 5.88 Å². The molecule has 0 aromatic carbocycles. The van der Waals surface area contributed by atoms with Gasteiger partial charge in [-0.2, -0.15) is 0 Å². The summed E-state index contributed by atoms with van der Waals surface area (Å²) in [5.41, 5.74) is 0.470. The van der Waals surface area contributed by atoms with Crippen LogP contribution in [0.3, 0.4) is 0 Å². The van der Waals surface area contributed by atoms with Crippen LogP contribution in [0.15, 0.2) is 18.3 Å². The Balaban J connectivity index is 2.32. The van der Waals surface area contributed by atoms with Crippen molar-refractivity contribution >= 4 is 17.7 Å². The molecule has 0 aliphatic heterocycles. The van der Waals surface area contributed by atoms with E-state index in [-0.39, 0.29) is 13.0 Å². The van der Waals surface area contributed by atoms with E-state index < -0.39 is 18.1 Å². The minimum atomic E-state index is -1.48. The van der Waals surface area contributed by atoms with Gasteiger partial charge in [0, 0.05) is 19.0 Å². The van der Waals surface area contributed by atoms with E-state index in [9.17, 15) is 9.59 Å². The predicted molar refractivity (Wildman–Crippen MR) is 66.1 cm³/mol. The van der Waals surface area contributed by atoms with Gasteiger partial charge >= 0.3 is 12.0 Å². The Labute approximate surface area is 109 Å². The highest BCUT2D eigenvalue weighted by molar-refractivity contribution is 5.89. The van der Waals surface area contributed by atoms with Gasteiger partial charge in [0.15, 0.2) is 6.10 Å². The predicted octanol–water partition coefficient (Wildman–Crippen LogP) is 0.0473. The number of amides is 2. The van der Waals surface area contributed by atoms with E-state index in [0.717, 1.165) is 0 Å². The smallest absolute Gasteiger partial charge is 0.332 e. The monoisotopic (exact) mass is 269 g/mol. The normalized spacial score (nSPS) is 11.5. The summed E-state index contributed by atoms with van der Waals surface area (Å²) in [5.74, 6) is -0.892. The Morgan fingerprint density at radius 2 is 2.21 bits per heavy atom. The standard InChI is InChI=1S/C11H15N3O5/c1-19-9-3-2-7(6-13-9)14-11(18)12-5-4-8(15)10(16)17/h2-3,6,8,15H,4-5H2,1H3,(H,16,17)(H2,12,14,18)/t8-/m0/s1. The lowest BCUT2D eigenvalue weighted by molar-refractivity contribution is -0.146. The van der Waals surface area contributed by atoms with Gasteiger partial charge in [-0.3, -0.25) is 0 Å². The van der Waals surface area contributed by atoms with Gasteiger partial charge < -0.3 is 25.6 Å². The maximum Gasteiger partial charge on any atom is 0.332 e. The number of urea groups is 1. The zero-order chi connectivity index (χ0) is 14.3. The first-order chi connectivity index (χ1) is 9.02. The molecule has 0 bridgehead atoms. The fourth-order valence-electron chi connectivity index (χ4n) is 1.20. The van der Waals surface area contributed by atoms with Crippen LogP contribution in [-0.2, 0) is 4.79 Å². The molecule has 8 nitrogen and oxygen atoms in total. The van der Waals surface area contributed by atoms with Gasteiger partial charge in [0.25, 0.3) is 0 Å². The molecule has 19 heavy (non-hydrogen) atoms. The number of pyridine rings is 1. The third kappa shape index (κ3) is 5.21. The molecule has 0 spiro atoms. The second kappa shape index (κ2) is 7.17. The van der Waals surface area contributed by atoms with Gasteiger partial charge in [0.05, 0.1) is 19.0 Å². The summed E-state index contributed by atoms with van der Waals surface area (Å²) in [4.78, 5) is 25.6. The summed E-state index contributed by atoms with van der Waals surface area (Å²) in [5, 5.41) is 22.3. The van der Waals surface area contributed by atoms with E-state index in [1.165, 1.54) is 13.3 Å². The van der Waals surface area contributed by atoms with Crippen LogP contribution in [0.25, 0.3) is 0 Å². The van der Waals surface area contributed by atoms with E-state index in [4.69, 9.17) is 14.9 Å². The Morgan fingerprint density at radius 3 is 2.74 bits per heavy atom. The molecule has 0 unspecified atom stereocenters. The van der Waals surface area contributed by atoms with Crippen molar-refractivity contribution < 1.29 is 24.5 Å². The third-order valence-electron chi connectivity index (χ3n) is 2.19. The van der Waals surface area contributed by atoms with Crippen LogP contribution in [0.5, 0.6) is 5.88 Å². The lowest BCUT2D eigenvalue weighted by atomic mass is 10.2. The number of ether oxygens (including phenoxy) is 1. The highest BCUT2D eigenvalue weighted by atomic mass is 16.5. The molecule has 1 aromatic rings. The summed E-state index contributed by atoms with van der Waals surface area (Å²) >= 11 is 0. The van der Waals surface area contributed by atoms with E-state index >= 15 is 0 Å². The molecule has 0 aliphatic rings. The van der Waals surface area contributed by atoms with E-state index in [2.05, 4.69) is 15.6 Å². The topological polar surface area (TPSA) is 121 Å². The maximum absolute atomic E-state index is 11.4. The summed E-state index contributed by atoms with van der Waals surface area (Å²) in [6, 6.07) is 2.69. The number of anilines is 1. The Hall–Kier alpha value is -2.35. The number of aliphatic hydroxyl groups excluding tert-OH is 1. The molecule has 0 aliphatic carbocycles. The molecule has 2 amide bonds. The van der Waals surface area contributed by atoms with Crippen molar-refractivity contribution in [3.05, 3.63) is 18.3 Å². The molecule has 1 heterocycles. The first kappa shape index (κ1) is 14.7. The lowest BCUT2D eigenvalue weighted by Crippen LogP contribution is -2.33. The molecular weight excluding hydrogens is 254 g/mol. The van der Waals surface area contributed by atoms with Crippen LogP contribution < -0.4 is 15.4 Å². The number of hydrogen-bond acceptors (Lipinski definition) is 5. The minimum Gasteiger partial charge on any atom is -0.481 e. The molecular formula is C11H15N3O5. The lowest BCUT2D eigenvalue weighted by Gasteiger charge is -2.09. The molecule has 1 rings (SSSR count). The molecule has 1 aromatic heterocycles. The highest BCUT2D eigenvalue weighted by Crippen LogP contribution is 2.10. The molecule has 104 valence electrons. The van der Waals surface area contributed by atoms with Crippen molar-refractivity contribution in [1.82, 2.24) is 10.3 Å². The number of aliphatic hydroxyl groups is 1. The highest BCUT2D eigenvalue weighted by Gasteiger charge is 2.12. The average Bonchev–Trinajstić information content (AvgIpc) is 2.39. The fourth-order valence-corrected chi connectivity index (χ4v) is 1.20. The molecule has 0 saturated heterocycles. The van der Waals surface area contributed by atoms with Crippen molar-refractivity contribution in [2.45, 2.75) is 12.5 Å². The molecule has 8 heteroatoms. The van der Waals surface area contributed by atoms with Crippen LogP contribution in [0.1, 0.15) is 6.42 Å². The third-order valence-corrected chi connectivity index (χ3v) is 2.19. The first-order valence-corrected chi connectivity index (χ1v) is 5.48. The summed E-state index contributed by atoms with van der Waals surface area (Å²) < 4.78 is 4.86. The summed E-state index contributed by atoms with van der Waals surface area (Å²) in [6.45, 7) is 0.0445. The van der Waals surface area contributed by atoms with Gasteiger partial charge in [-0.25, -0.2) is 14.6 Å². The van der Waals surface area contributed by atoms with Crippen molar-refractivity contribution in [2.75, 3.05) is 19.0 Å². The average molecular weight is 269 g/mol. The van der Waals surface area contributed by atoms with Crippen molar-refractivity contribution in [3.63, 3.8) is 0 Å². The number of rotatable bonds is 6. The van der Waals surface area contributed by atoms with Crippen LogP contribution in [-0.4, -0.2) is 47.0 Å². The number of carbonyl (C=O) groups excluding carboxylic acids is 1. The van der Waals surface area contributed by atoms with E-state index in [0.29, 0.717) is 11.6 Å². The number of nitrogens with zero attached hydrogens (tertiary/aromatic N) is 1. The quantitative estimate of drug-likeness (QED) is 0.579. The zero-order valence-corrected chi connectivity index (χ0v) is 10.3. The van der Waals surface area contributed by atoms with Gasteiger partial charge in [-0.05, 0) is 6.07 Å². The second-order valence-corrected chi connectivity index (χ2v) is 3.61. The number of hydrogen-bond donors (Lipinski definition) is 4. The maximum atomic E-state index is 11.4. The largest absolute Gasteiger partial charge is 0.481 e. The number of methoxy groups -OCH3 is 1. The molecule has 0 fully saturated rings. The van der Waals surface area contributed by atoms with Crippen molar-refractivity contribution in [2.24, 2.45) is 0 Å². The van der Waals surface area contributed by atoms with E-state index in [1.54, 1.807) is 12.1 Å². The fraction of sp³-hybridized carbons (Fsp3) is 0.364. The molecule has 0 radical (unpaired) electrons. The number of aromatic nitrogens is 1. The van der Waals surface area contributed by atoms with Crippen molar-refractivity contribution in [1.29, 1.82) is 0 Å². The molecule has 1 atom stereocenters. The summed E-state index contributed by atoms with van der Waals surface area (Å²) in [7, 11) is 1.48. The van der Waals surface area contributed by atoms with E-state index in [1.807, 2.05) is 0 Å². The van der Waals surface area contributed by atoms with Gasteiger partial charge in [-0.1, -0.05) is 0 Å². The molecule has 0 saturated carbocycles. The summed E-state index contributed by atoms with van der Waals surface area (Å²) in [6.07, 6.45) is -0.128. The number of nitrogens with one attached hydrogen (secondary N) is 2. The van der Waals surface area contributed by atoms with Crippen LogP contribution >= 0.6 is 0 Å². The Morgan fingerprint density at radius 1 is 1.47 bits per heavy atom. The van der Waals surface area contributed by atoms with Crippen LogP contribution in [0.2, 0.25) is 0 Å². The Bertz CT molecular complexity index is 434. The minimum absolute atomic E-state index is 0.0445. The number of carboxylic acids is 1. The number of carbonyl (C=O) groups is 2. The van der Waals surface area contributed by atoms with Crippen LogP contribution in [0, 0.1) is 0 Å².